The number of aromatic nitrogens is 4. The molecule has 0 aliphatic rings. The lowest BCUT2D eigenvalue weighted by atomic mass is 10.0. The van der Waals surface area contributed by atoms with Crippen molar-refractivity contribution < 1.29 is 4.74 Å². The number of nitrogens with zero attached hydrogens (tertiary/aromatic N) is 3. The summed E-state index contributed by atoms with van der Waals surface area (Å²) in [5.74, 6) is 0.447. The predicted molar refractivity (Wildman–Crippen MR) is 125 cm³/mol. The summed E-state index contributed by atoms with van der Waals surface area (Å²) in [7, 11) is 0. The third-order valence-corrected chi connectivity index (χ3v) is 5.49. The highest BCUT2D eigenvalue weighted by atomic mass is 16.5. The number of pyridine rings is 1. The maximum absolute atomic E-state index is 13.3. The molecule has 0 fully saturated rings. The monoisotopic (exact) mass is 428 g/mol. The summed E-state index contributed by atoms with van der Waals surface area (Å²) in [5.41, 5.74) is 3.73. The number of aryl methyl sites for hydroxylation is 2. The minimum Gasteiger partial charge on any atom is -0.483 e. The fraction of sp³-hybridized carbons (Fsp3) is 0.269. The van der Waals surface area contributed by atoms with Crippen molar-refractivity contribution in [3.05, 3.63) is 106 Å². The van der Waals surface area contributed by atoms with Gasteiger partial charge in [0.25, 0.3) is 5.56 Å². The van der Waals surface area contributed by atoms with Crippen molar-refractivity contribution in [2.24, 2.45) is 0 Å². The number of H-pyrrole nitrogens is 1. The van der Waals surface area contributed by atoms with Crippen LogP contribution in [0.3, 0.4) is 0 Å². The van der Waals surface area contributed by atoms with E-state index < -0.39 is 0 Å². The first-order valence-electron chi connectivity index (χ1n) is 11.1. The van der Waals surface area contributed by atoms with Crippen LogP contribution in [0.25, 0.3) is 5.69 Å². The van der Waals surface area contributed by atoms with Crippen LogP contribution in [0, 0.1) is 0 Å². The first kappa shape index (κ1) is 21.6. The number of hydrogen-bond donors (Lipinski definition) is 1. The van der Waals surface area contributed by atoms with Crippen molar-refractivity contribution in [1.82, 2.24) is 20.0 Å². The van der Waals surface area contributed by atoms with Crippen LogP contribution in [0.2, 0.25) is 0 Å². The van der Waals surface area contributed by atoms with Gasteiger partial charge >= 0.3 is 0 Å². The van der Waals surface area contributed by atoms with Crippen molar-refractivity contribution in [2.45, 2.75) is 45.1 Å². The Kier molecular flexibility index (Phi) is 7.47. The molecule has 0 aliphatic carbocycles. The van der Waals surface area contributed by atoms with E-state index in [9.17, 15) is 4.79 Å². The maximum Gasteiger partial charge on any atom is 0.297 e. The molecule has 0 atom stereocenters. The van der Waals surface area contributed by atoms with Crippen molar-refractivity contribution in [3.8, 4) is 11.4 Å². The number of rotatable bonds is 11. The number of benzene rings is 2. The van der Waals surface area contributed by atoms with E-state index in [4.69, 9.17) is 4.74 Å². The first-order chi connectivity index (χ1) is 15.8. The molecule has 0 aliphatic heterocycles. The lowest BCUT2D eigenvalue weighted by molar-refractivity contribution is 0.297. The second-order valence-corrected chi connectivity index (χ2v) is 7.83. The molecule has 0 amide bonds. The van der Waals surface area contributed by atoms with Gasteiger partial charge in [0.1, 0.15) is 6.61 Å². The van der Waals surface area contributed by atoms with Crippen molar-refractivity contribution in [1.29, 1.82) is 0 Å². The minimum atomic E-state index is -0.115. The topological polar surface area (TPSA) is 72.8 Å². The third-order valence-electron chi connectivity index (χ3n) is 5.49. The smallest absolute Gasteiger partial charge is 0.297 e. The van der Waals surface area contributed by atoms with Crippen LogP contribution >= 0.6 is 0 Å². The molecule has 0 bridgehead atoms. The molecule has 0 saturated heterocycles. The molecular weight excluding hydrogens is 400 g/mol. The standard InChI is InChI=1S/C26H28N4O2/c31-26-25(32-20-21-11-5-3-6-12-21)22(17-18-30(26)24-15-9-4-10-16-24)13-7-1-2-8-14-23-19-27-29-28-23/h3-6,9-12,15-19H,1-2,7-8,13-14,20H2,(H,27,28,29). The molecule has 2 heterocycles. The summed E-state index contributed by atoms with van der Waals surface area (Å²) in [5, 5.41) is 10.5. The number of hydrogen-bond acceptors (Lipinski definition) is 4. The molecule has 164 valence electrons. The maximum atomic E-state index is 13.3. The van der Waals surface area contributed by atoms with Gasteiger partial charge in [0.2, 0.25) is 0 Å². The molecule has 4 rings (SSSR count). The van der Waals surface area contributed by atoms with Crippen LogP contribution in [-0.2, 0) is 19.4 Å². The average Bonchev–Trinajstić information content (AvgIpc) is 3.36. The van der Waals surface area contributed by atoms with E-state index in [0.29, 0.717) is 12.4 Å². The lowest BCUT2D eigenvalue weighted by Crippen LogP contribution is -2.21. The Labute approximate surface area is 187 Å². The second-order valence-electron chi connectivity index (χ2n) is 7.83. The molecule has 0 spiro atoms. The molecular formula is C26H28N4O2. The minimum absolute atomic E-state index is 0.115. The van der Waals surface area contributed by atoms with E-state index in [0.717, 1.165) is 61.0 Å². The van der Waals surface area contributed by atoms with E-state index >= 15 is 0 Å². The molecule has 6 nitrogen and oxygen atoms in total. The van der Waals surface area contributed by atoms with E-state index in [1.165, 1.54) is 0 Å². The van der Waals surface area contributed by atoms with Gasteiger partial charge in [-0.25, -0.2) is 0 Å². The normalized spacial score (nSPS) is 10.9. The first-order valence-corrected chi connectivity index (χ1v) is 11.1. The molecule has 0 unspecified atom stereocenters. The summed E-state index contributed by atoms with van der Waals surface area (Å²) in [6.07, 6.45) is 9.76. The number of ether oxygens (including phenoxy) is 1. The predicted octanol–water partition coefficient (Wildman–Crippen LogP) is 4.88. The SMILES string of the molecule is O=c1c(OCc2ccccc2)c(CCCCCCc2c[nH]nn2)ccn1-c1ccccc1. The summed E-state index contributed by atoms with van der Waals surface area (Å²) in [4.78, 5) is 13.3. The van der Waals surface area contributed by atoms with Gasteiger partial charge in [-0.05, 0) is 49.4 Å². The number of para-hydroxylation sites is 1. The van der Waals surface area contributed by atoms with E-state index in [2.05, 4.69) is 15.4 Å². The zero-order chi connectivity index (χ0) is 22.0. The molecule has 2 aromatic heterocycles. The molecule has 4 aromatic rings. The molecule has 32 heavy (non-hydrogen) atoms. The zero-order valence-electron chi connectivity index (χ0n) is 18.1. The number of unbranched alkanes of at least 4 members (excludes halogenated alkanes) is 3. The van der Waals surface area contributed by atoms with Crippen molar-refractivity contribution >= 4 is 0 Å². The fourth-order valence-electron chi connectivity index (χ4n) is 3.75. The van der Waals surface area contributed by atoms with Gasteiger partial charge in [-0.15, -0.1) is 5.10 Å². The Hall–Kier alpha value is -3.67. The number of aromatic amines is 1. The van der Waals surface area contributed by atoms with E-state index in [1.54, 1.807) is 4.57 Å². The average molecular weight is 429 g/mol. The van der Waals surface area contributed by atoms with Crippen LogP contribution in [0.4, 0.5) is 0 Å². The van der Waals surface area contributed by atoms with E-state index in [-0.39, 0.29) is 5.56 Å². The van der Waals surface area contributed by atoms with Gasteiger partial charge in [0, 0.05) is 23.6 Å². The highest BCUT2D eigenvalue weighted by Gasteiger charge is 2.13. The molecule has 0 saturated carbocycles. The molecule has 1 N–H and O–H groups in total. The van der Waals surface area contributed by atoms with Gasteiger partial charge < -0.3 is 4.74 Å². The summed E-state index contributed by atoms with van der Waals surface area (Å²) < 4.78 is 7.75. The van der Waals surface area contributed by atoms with Crippen LogP contribution in [0.5, 0.6) is 5.75 Å². The Morgan fingerprint density at radius 2 is 1.56 bits per heavy atom. The fourth-order valence-corrected chi connectivity index (χ4v) is 3.75. The van der Waals surface area contributed by atoms with Crippen LogP contribution in [0.1, 0.15) is 42.5 Å². The Morgan fingerprint density at radius 3 is 2.28 bits per heavy atom. The van der Waals surface area contributed by atoms with Gasteiger partial charge in [-0.1, -0.05) is 66.6 Å². The van der Waals surface area contributed by atoms with Crippen LogP contribution < -0.4 is 10.3 Å². The van der Waals surface area contributed by atoms with Gasteiger partial charge in [-0.2, -0.15) is 0 Å². The van der Waals surface area contributed by atoms with E-state index in [1.807, 2.05) is 79.1 Å². The zero-order valence-corrected chi connectivity index (χ0v) is 18.1. The molecule has 2 aromatic carbocycles. The van der Waals surface area contributed by atoms with Crippen LogP contribution in [0.15, 0.2) is 83.9 Å². The third kappa shape index (κ3) is 5.72. The van der Waals surface area contributed by atoms with Crippen molar-refractivity contribution in [2.75, 3.05) is 0 Å². The summed E-state index contributed by atoms with van der Waals surface area (Å²) >= 11 is 0. The van der Waals surface area contributed by atoms with Gasteiger partial charge in [0.05, 0.1) is 5.69 Å². The Morgan fingerprint density at radius 1 is 0.844 bits per heavy atom. The highest BCUT2D eigenvalue weighted by Crippen LogP contribution is 2.20. The second kappa shape index (κ2) is 11.1. The summed E-state index contributed by atoms with van der Waals surface area (Å²) in [6, 6.07) is 21.6. The lowest BCUT2D eigenvalue weighted by Gasteiger charge is -2.14. The van der Waals surface area contributed by atoms with Crippen molar-refractivity contribution in [3.63, 3.8) is 0 Å². The van der Waals surface area contributed by atoms with Gasteiger partial charge in [0.15, 0.2) is 5.75 Å². The highest BCUT2D eigenvalue weighted by molar-refractivity contribution is 5.38. The Balaban J connectivity index is 1.43. The Bertz CT molecular complexity index is 1140. The number of nitrogens with one attached hydrogen (secondary N) is 1. The van der Waals surface area contributed by atoms with Gasteiger partial charge in [-0.3, -0.25) is 14.5 Å². The quantitative estimate of drug-likeness (QED) is 0.346. The molecule has 6 heteroatoms. The summed E-state index contributed by atoms with van der Waals surface area (Å²) in [6.45, 7) is 0.375. The molecule has 0 radical (unpaired) electrons. The largest absolute Gasteiger partial charge is 0.483 e. The van der Waals surface area contributed by atoms with Crippen LogP contribution in [-0.4, -0.2) is 20.0 Å².